The molecule has 0 unspecified atom stereocenters. The number of aromatic nitrogens is 3. The number of nitrogens with one attached hydrogen (secondary N) is 1. The second-order valence-corrected chi connectivity index (χ2v) is 3.11. The highest BCUT2D eigenvalue weighted by Gasteiger charge is 2.11. The molecule has 1 aromatic heterocycles. The fraction of sp³-hybridized carbons (Fsp3) is 0.444. The minimum Gasteiger partial charge on any atom is -0.467 e. The van der Waals surface area contributed by atoms with Gasteiger partial charge in [-0.1, -0.05) is 6.08 Å². The molecule has 74 valence electrons. The third-order valence-electron chi connectivity index (χ3n) is 2.16. The quantitative estimate of drug-likeness (QED) is 0.752. The number of methoxy groups -OCH3 is 1. The molecule has 0 aromatic carbocycles. The van der Waals surface area contributed by atoms with E-state index >= 15 is 0 Å². The standard InChI is InChI=1S/C9H11N3O2/c1-14-9-11-7(10-8(13)12-9)6-4-2-3-5-6/h4H,2-3,5H2,1H3,(H,10,11,12,13). The smallest absolute Gasteiger partial charge is 0.351 e. The van der Waals surface area contributed by atoms with Crippen LogP contribution in [0.3, 0.4) is 0 Å². The van der Waals surface area contributed by atoms with Crippen LogP contribution in [-0.4, -0.2) is 22.1 Å². The summed E-state index contributed by atoms with van der Waals surface area (Å²) in [6.45, 7) is 0. The first-order valence-electron chi connectivity index (χ1n) is 4.51. The summed E-state index contributed by atoms with van der Waals surface area (Å²) in [5.74, 6) is 0.583. The summed E-state index contributed by atoms with van der Waals surface area (Å²) in [6.07, 6.45) is 5.20. The van der Waals surface area contributed by atoms with Crippen LogP contribution in [0.15, 0.2) is 10.9 Å². The molecule has 1 N–H and O–H groups in total. The van der Waals surface area contributed by atoms with Crippen molar-refractivity contribution in [2.24, 2.45) is 0 Å². The summed E-state index contributed by atoms with van der Waals surface area (Å²) < 4.78 is 4.83. The van der Waals surface area contributed by atoms with Crippen molar-refractivity contribution in [1.29, 1.82) is 0 Å². The molecule has 0 fully saturated rings. The predicted octanol–water partition coefficient (Wildman–Crippen LogP) is 0.741. The van der Waals surface area contributed by atoms with Crippen molar-refractivity contribution in [3.05, 3.63) is 22.4 Å². The zero-order valence-electron chi connectivity index (χ0n) is 7.91. The molecule has 0 radical (unpaired) electrons. The number of aromatic amines is 1. The normalized spacial score (nSPS) is 15.4. The van der Waals surface area contributed by atoms with Crippen LogP contribution in [0.4, 0.5) is 0 Å². The summed E-state index contributed by atoms with van der Waals surface area (Å²) in [5.41, 5.74) is 0.655. The summed E-state index contributed by atoms with van der Waals surface area (Å²) in [7, 11) is 1.45. The van der Waals surface area contributed by atoms with Gasteiger partial charge in [0.05, 0.1) is 7.11 Å². The van der Waals surface area contributed by atoms with Crippen LogP contribution in [0.2, 0.25) is 0 Å². The van der Waals surface area contributed by atoms with Gasteiger partial charge in [-0.2, -0.15) is 4.98 Å². The molecule has 1 aromatic rings. The number of nitrogens with zero attached hydrogens (tertiary/aromatic N) is 2. The topological polar surface area (TPSA) is 67.9 Å². The minimum absolute atomic E-state index is 0.122. The van der Waals surface area contributed by atoms with Gasteiger partial charge in [0.2, 0.25) is 0 Å². The van der Waals surface area contributed by atoms with Crippen LogP contribution in [0.25, 0.3) is 5.57 Å². The molecule has 0 spiro atoms. The van der Waals surface area contributed by atoms with E-state index in [4.69, 9.17) is 4.74 Å². The molecule has 5 heteroatoms. The largest absolute Gasteiger partial charge is 0.467 e. The van der Waals surface area contributed by atoms with Gasteiger partial charge in [-0.15, -0.1) is 4.98 Å². The molecule has 0 atom stereocenters. The van der Waals surface area contributed by atoms with E-state index < -0.39 is 5.69 Å². The van der Waals surface area contributed by atoms with Crippen molar-refractivity contribution in [1.82, 2.24) is 15.0 Å². The van der Waals surface area contributed by atoms with E-state index in [2.05, 4.69) is 21.0 Å². The van der Waals surface area contributed by atoms with Gasteiger partial charge in [-0.05, 0) is 24.8 Å². The van der Waals surface area contributed by atoms with Gasteiger partial charge in [0, 0.05) is 0 Å². The van der Waals surface area contributed by atoms with Crippen molar-refractivity contribution in [3.8, 4) is 6.01 Å². The number of rotatable bonds is 2. The summed E-state index contributed by atoms with van der Waals surface area (Å²) >= 11 is 0. The van der Waals surface area contributed by atoms with Crippen molar-refractivity contribution < 1.29 is 4.74 Å². The Morgan fingerprint density at radius 1 is 1.50 bits per heavy atom. The van der Waals surface area contributed by atoms with Crippen LogP contribution in [0.5, 0.6) is 6.01 Å². The molecule has 1 aliphatic rings. The Hall–Kier alpha value is -1.65. The van der Waals surface area contributed by atoms with E-state index in [9.17, 15) is 4.79 Å². The molecular formula is C9H11N3O2. The maximum Gasteiger partial charge on any atom is 0.351 e. The lowest BCUT2D eigenvalue weighted by Gasteiger charge is -2.01. The van der Waals surface area contributed by atoms with Gasteiger partial charge in [-0.3, -0.25) is 4.98 Å². The van der Waals surface area contributed by atoms with Gasteiger partial charge < -0.3 is 4.74 Å². The van der Waals surface area contributed by atoms with E-state index in [0.717, 1.165) is 24.8 Å². The lowest BCUT2D eigenvalue weighted by Crippen LogP contribution is -2.15. The van der Waals surface area contributed by atoms with Gasteiger partial charge in [0.25, 0.3) is 0 Å². The van der Waals surface area contributed by atoms with E-state index in [-0.39, 0.29) is 6.01 Å². The van der Waals surface area contributed by atoms with Gasteiger partial charge >= 0.3 is 11.7 Å². The number of H-pyrrole nitrogens is 1. The molecule has 1 aliphatic carbocycles. The van der Waals surface area contributed by atoms with E-state index in [1.54, 1.807) is 0 Å². The highest BCUT2D eigenvalue weighted by molar-refractivity contribution is 5.61. The molecule has 0 saturated carbocycles. The number of ether oxygens (including phenoxy) is 1. The average molecular weight is 193 g/mol. The van der Waals surface area contributed by atoms with Crippen LogP contribution in [0.1, 0.15) is 25.1 Å². The molecule has 1 heterocycles. The maximum atomic E-state index is 11.1. The molecule has 5 nitrogen and oxygen atoms in total. The Balaban J connectivity index is 2.42. The first kappa shape index (κ1) is 8.93. The SMILES string of the molecule is COc1nc(C2=CCCC2)[nH]c(=O)n1. The second-order valence-electron chi connectivity index (χ2n) is 3.11. The highest BCUT2D eigenvalue weighted by Crippen LogP contribution is 2.24. The Bertz CT molecular complexity index is 422. The fourth-order valence-electron chi connectivity index (χ4n) is 1.49. The molecule has 0 amide bonds. The molecule has 0 bridgehead atoms. The Kier molecular flexibility index (Phi) is 2.30. The zero-order chi connectivity index (χ0) is 9.97. The van der Waals surface area contributed by atoms with Crippen molar-refractivity contribution in [2.45, 2.75) is 19.3 Å². The highest BCUT2D eigenvalue weighted by atomic mass is 16.5. The monoisotopic (exact) mass is 193 g/mol. The van der Waals surface area contributed by atoms with Gasteiger partial charge in [-0.25, -0.2) is 4.79 Å². The molecular weight excluding hydrogens is 182 g/mol. The van der Waals surface area contributed by atoms with Gasteiger partial charge in [0.1, 0.15) is 5.82 Å². The zero-order valence-corrected chi connectivity index (χ0v) is 7.91. The molecule has 0 saturated heterocycles. The van der Waals surface area contributed by atoms with Crippen LogP contribution in [0, 0.1) is 0 Å². The first-order valence-corrected chi connectivity index (χ1v) is 4.51. The summed E-state index contributed by atoms with van der Waals surface area (Å²) in [4.78, 5) is 21.3. The Labute approximate surface area is 80.9 Å². The number of hydrogen-bond acceptors (Lipinski definition) is 4. The maximum absolute atomic E-state index is 11.1. The minimum atomic E-state index is -0.417. The van der Waals surface area contributed by atoms with Crippen molar-refractivity contribution >= 4 is 5.57 Å². The fourth-order valence-corrected chi connectivity index (χ4v) is 1.49. The van der Waals surface area contributed by atoms with E-state index in [1.807, 2.05) is 0 Å². The van der Waals surface area contributed by atoms with E-state index in [0.29, 0.717) is 5.82 Å². The third-order valence-corrected chi connectivity index (χ3v) is 2.16. The van der Waals surface area contributed by atoms with Crippen molar-refractivity contribution in [2.75, 3.05) is 7.11 Å². The number of hydrogen-bond donors (Lipinski definition) is 1. The average Bonchev–Trinajstić information content (AvgIpc) is 2.69. The second kappa shape index (κ2) is 3.61. The summed E-state index contributed by atoms with van der Waals surface area (Å²) in [5, 5.41) is 0. The van der Waals surface area contributed by atoms with Crippen LogP contribution >= 0.6 is 0 Å². The summed E-state index contributed by atoms with van der Waals surface area (Å²) in [6, 6.07) is 0.122. The predicted molar refractivity (Wildman–Crippen MR) is 51.0 cm³/mol. The van der Waals surface area contributed by atoms with Crippen LogP contribution in [-0.2, 0) is 0 Å². The first-order chi connectivity index (χ1) is 6.79. The number of allylic oxidation sites excluding steroid dienone is 2. The molecule has 0 aliphatic heterocycles. The Morgan fingerprint density at radius 2 is 2.36 bits per heavy atom. The van der Waals surface area contributed by atoms with E-state index in [1.165, 1.54) is 7.11 Å². The van der Waals surface area contributed by atoms with Crippen molar-refractivity contribution in [3.63, 3.8) is 0 Å². The third kappa shape index (κ3) is 1.66. The lowest BCUT2D eigenvalue weighted by atomic mass is 10.2. The molecule has 14 heavy (non-hydrogen) atoms. The lowest BCUT2D eigenvalue weighted by molar-refractivity contribution is 0.375. The Morgan fingerprint density at radius 3 is 3.00 bits per heavy atom. The van der Waals surface area contributed by atoms with Gasteiger partial charge in [0.15, 0.2) is 0 Å². The molecule has 2 rings (SSSR count). The van der Waals surface area contributed by atoms with Crippen LogP contribution < -0.4 is 10.4 Å².